The number of fused-ring (bicyclic) bond motifs is 2. The SMILES string of the molecule is CO[C@@H]1O[C@H]2[C@@H](OCc3ccccc3)[C@H](O[C@H]2COP(=O)(OCc2ccccc2)OCc2ccccc2)[C@@H]1OCc1ccccc1. The van der Waals surface area contributed by atoms with Crippen LogP contribution in [0.4, 0.5) is 0 Å². The maximum absolute atomic E-state index is 14.0. The highest BCUT2D eigenvalue weighted by atomic mass is 31.2. The van der Waals surface area contributed by atoms with Crippen LogP contribution in [0.25, 0.3) is 0 Å². The lowest BCUT2D eigenvalue weighted by Gasteiger charge is -2.39. The molecule has 2 heterocycles. The lowest BCUT2D eigenvalue weighted by atomic mass is 9.99. The van der Waals surface area contributed by atoms with E-state index >= 15 is 0 Å². The van der Waals surface area contributed by atoms with Crippen LogP contribution in [0.5, 0.6) is 0 Å². The van der Waals surface area contributed by atoms with Gasteiger partial charge in [-0.1, -0.05) is 121 Å². The molecular formula is C36H39O9P. The van der Waals surface area contributed by atoms with Crippen molar-refractivity contribution in [2.75, 3.05) is 13.7 Å². The molecule has 242 valence electrons. The number of phosphoric acid groups is 1. The van der Waals surface area contributed by atoms with Crippen LogP contribution in [-0.4, -0.2) is 50.5 Å². The molecule has 0 aliphatic carbocycles. The highest BCUT2D eigenvalue weighted by Crippen LogP contribution is 2.52. The second-order valence-electron chi connectivity index (χ2n) is 11.1. The third kappa shape index (κ3) is 8.57. The number of ether oxygens (including phenoxy) is 5. The molecule has 0 spiro atoms. The Hall–Kier alpha value is -3.21. The number of hydrogen-bond acceptors (Lipinski definition) is 9. The summed E-state index contributed by atoms with van der Waals surface area (Å²) in [5.41, 5.74) is 3.69. The molecule has 9 nitrogen and oxygen atoms in total. The molecule has 0 aromatic heterocycles. The van der Waals surface area contributed by atoms with E-state index in [1.807, 2.05) is 121 Å². The molecule has 2 aliphatic heterocycles. The van der Waals surface area contributed by atoms with Crippen molar-refractivity contribution < 1.29 is 41.8 Å². The molecule has 4 aromatic rings. The van der Waals surface area contributed by atoms with Gasteiger partial charge < -0.3 is 23.7 Å². The van der Waals surface area contributed by atoms with Crippen molar-refractivity contribution in [3.63, 3.8) is 0 Å². The van der Waals surface area contributed by atoms with Crippen LogP contribution in [-0.2, 0) is 68.2 Å². The monoisotopic (exact) mass is 646 g/mol. The molecule has 2 fully saturated rings. The largest absolute Gasteiger partial charge is 0.475 e. The van der Waals surface area contributed by atoms with Crippen molar-refractivity contribution in [2.45, 2.75) is 63.2 Å². The Labute approximate surface area is 269 Å². The van der Waals surface area contributed by atoms with Gasteiger partial charge in [-0.15, -0.1) is 0 Å². The molecule has 0 amide bonds. The van der Waals surface area contributed by atoms with Crippen LogP contribution in [0.3, 0.4) is 0 Å². The van der Waals surface area contributed by atoms with Crippen molar-refractivity contribution >= 4 is 7.82 Å². The lowest BCUT2D eigenvalue weighted by molar-refractivity contribution is -0.275. The zero-order valence-electron chi connectivity index (χ0n) is 25.7. The smallest absolute Gasteiger partial charge is 0.368 e. The van der Waals surface area contributed by atoms with E-state index in [2.05, 4.69) is 0 Å². The average Bonchev–Trinajstić information content (AvgIpc) is 3.37. The summed E-state index contributed by atoms with van der Waals surface area (Å²) < 4.78 is 63.1. The second kappa shape index (κ2) is 16.1. The molecule has 0 unspecified atom stereocenters. The maximum atomic E-state index is 14.0. The van der Waals surface area contributed by atoms with E-state index < -0.39 is 44.6 Å². The molecule has 6 rings (SSSR count). The summed E-state index contributed by atoms with van der Waals surface area (Å²) in [6.07, 6.45) is -3.61. The molecule has 6 atom stereocenters. The number of rotatable bonds is 16. The average molecular weight is 647 g/mol. The van der Waals surface area contributed by atoms with Gasteiger partial charge in [0, 0.05) is 7.11 Å². The summed E-state index contributed by atoms with van der Waals surface area (Å²) in [7, 11) is -2.48. The van der Waals surface area contributed by atoms with Gasteiger partial charge in [0.15, 0.2) is 6.29 Å². The minimum Gasteiger partial charge on any atom is -0.368 e. The van der Waals surface area contributed by atoms with Gasteiger partial charge in [0.2, 0.25) is 0 Å². The van der Waals surface area contributed by atoms with Crippen molar-refractivity contribution in [3.8, 4) is 0 Å². The molecule has 10 heteroatoms. The summed E-state index contributed by atoms with van der Waals surface area (Å²) in [6.45, 7) is 0.646. The molecule has 4 aromatic carbocycles. The molecule has 46 heavy (non-hydrogen) atoms. The third-order valence-corrected chi connectivity index (χ3v) is 9.25. The molecule has 2 saturated heterocycles. The minimum absolute atomic E-state index is 0.0466. The number of benzene rings is 4. The molecule has 0 N–H and O–H groups in total. The number of phosphoric ester groups is 1. The van der Waals surface area contributed by atoms with Gasteiger partial charge in [0.1, 0.15) is 30.5 Å². The van der Waals surface area contributed by atoms with Gasteiger partial charge in [-0.25, -0.2) is 4.57 Å². The standard InChI is InChI=1S/C36H39O9P/c1-38-36-35(40-23-28-16-8-3-9-17-28)34-33(39-22-27-14-6-2-7-15-27)32(45-36)31(44-34)26-43-46(37,41-24-29-18-10-4-11-19-29)42-25-30-20-12-5-13-21-30/h2-21,31-36H,22-26H2,1H3/t31-,32+,33+,34-,35-,36+/m0/s1. The first-order chi connectivity index (χ1) is 22.6. The summed E-state index contributed by atoms with van der Waals surface area (Å²) in [5, 5.41) is 0. The van der Waals surface area contributed by atoms with Crippen LogP contribution in [0.15, 0.2) is 121 Å². The van der Waals surface area contributed by atoms with Crippen LogP contribution >= 0.6 is 7.82 Å². The lowest BCUT2D eigenvalue weighted by Crippen LogP contribution is -2.56. The van der Waals surface area contributed by atoms with Gasteiger partial charge in [-0.3, -0.25) is 13.6 Å². The van der Waals surface area contributed by atoms with Crippen molar-refractivity contribution in [3.05, 3.63) is 144 Å². The van der Waals surface area contributed by atoms with E-state index in [1.54, 1.807) is 7.11 Å². The van der Waals surface area contributed by atoms with Crippen LogP contribution in [0.1, 0.15) is 22.3 Å². The zero-order chi connectivity index (χ0) is 31.6. The van der Waals surface area contributed by atoms with Gasteiger partial charge in [0.05, 0.1) is 33.0 Å². The van der Waals surface area contributed by atoms with Gasteiger partial charge in [-0.05, 0) is 22.3 Å². The van der Waals surface area contributed by atoms with E-state index in [1.165, 1.54) is 0 Å². The highest BCUT2D eigenvalue weighted by molar-refractivity contribution is 7.48. The fraction of sp³-hybridized carbons (Fsp3) is 0.333. The normalized spacial score (nSPS) is 24.2. The first-order valence-corrected chi connectivity index (χ1v) is 16.8. The van der Waals surface area contributed by atoms with E-state index in [4.69, 9.17) is 37.3 Å². The van der Waals surface area contributed by atoms with Gasteiger partial charge >= 0.3 is 7.82 Å². The topological polar surface area (TPSA) is 90.9 Å². The number of hydrogen-bond donors (Lipinski definition) is 0. The summed E-state index contributed by atoms with van der Waals surface area (Å²) in [6, 6.07) is 38.6. The van der Waals surface area contributed by atoms with Crippen molar-refractivity contribution in [1.29, 1.82) is 0 Å². The van der Waals surface area contributed by atoms with E-state index in [0.29, 0.717) is 13.2 Å². The zero-order valence-corrected chi connectivity index (χ0v) is 26.6. The van der Waals surface area contributed by atoms with E-state index in [-0.39, 0.29) is 19.8 Å². The third-order valence-electron chi connectivity index (χ3n) is 7.89. The Kier molecular flexibility index (Phi) is 11.4. The van der Waals surface area contributed by atoms with Crippen LogP contribution < -0.4 is 0 Å². The number of methoxy groups -OCH3 is 1. The van der Waals surface area contributed by atoms with E-state index in [9.17, 15) is 4.57 Å². The molecular weight excluding hydrogens is 607 g/mol. The second-order valence-corrected chi connectivity index (χ2v) is 12.8. The fourth-order valence-corrected chi connectivity index (χ4v) is 6.69. The molecule has 0 radical (unpaired) electrons. The van der Waals surface area contributed by atoms with E-state index in [0.717, 1.165) is 22.3 Å². The van der Waals surface area contributed by atoms with Crippen LogP contribution in [0.2, 0.25) is 0 Å². The Bertz CT molecular complexity index is 1460. The van der Waals surface area contributed by atoms with Crippen molar-refractivity contribution in [1.82, 2.24) is 0 Å². The first-order valence-electron chi connectivity index (χ1n) is 15.4. The Morgan fingerprint density at radius 2 is 0.978 bits per heavy atom. The summed E-state index contributed by atoms with van der Waals surface area (Å²) >= 11 is 0. The summed E-state index contributed by atoms with van der Waals surface area (Å²) in [4.78, 5) is 0. The molecule has 2 bridgehead atoms. The fourth-order valence-electron chi connectivity index (χ4n) is 5.52. The quantitative estimate of drug-likeness (QED) is 0.121. The predicted molar refractivity (Wildman–Crippen MR) is 170 cm³/mol. The minimum atomic E-state index is -4.05. The van der Waals surface area contributed by atoms with Crippen molar-refractivity contribution in [2.24, 2.45) is 0 Å². The Balaban J connectivity index is 1.18. The van der Waals surface area contributed by atoms with Gasteiger partial charge in [0.25, 0.3) is 0 Å². The van der Waals surface area contributed by atoms with Crippen LogP contribution in [0, 0.1) is 0 Å². The highest BCUT2D eigenvalue weighted by Gasteiger charge is 2.58. The molecule has 0 saturated carbocycles. The first kappa shape index (κ1) is 32.7. The molecule has 2 aliphatic rings. The predicted octanol–water partition coefficient (Wildman–Crippen LogP) is 6.85. The van der Waals surface area contributed by atoms with Gasteiger partial charge in [-0.2, -0.15) is 0 Å². The maximum Gasteiger partial charge on any atom is 0.475 e. The summed E-state index contributed by atoms with van der Waals surface area (Å²) in [5.74, 6) is 0. The Morgan fingerprint density at radius 3 is 1.43 bits per heavy atom. The Morgan fingerprint density at radius 1 is 0.543 bits per heavy atom.